The highest BCUT2D eigenvalue weighted by Crippen LogP contribution is 2.44. The van der Waals surface area contributed by atoms with Gasteiger partial charge in [-0.15, -0.1) is 0 Å². The SMILES string of the molecule is CCCC[C@@H](CC(=O)NCC(=O)NCC(=O)O)NC(=O)OCC1c2ccccc2-c2ccccc21. The summed E-state index contributed by atoms with van der Waals surface area (Å²) < 4.78 is 5.58. The maximum absolute atomic E-state index is 12.6. The predicted molar refractivity (Wildman–Crippen MR) is 130 cm³/mol. The molecule has 1 aliphatic carbocycles. The Morgan fingerprint density at radius 1 is 0.914 bits per heavy atom. The number of carbonyl (C=O) groups is 4. The van der Waals surface area contributed by atoms with Gasteiger partial charge in [-0.3, -0.25) is 14.4 Å². The van der Waals surface area contributed by atoms with Crippen LogP contribution in [0.25, 0.3) is 11.1 Å². The summed E-state index contributed by atoms with van der Waals surface area (Å²) in [6, 6.07) is 15.7. The van der Waals surface area contributed by atoms with Crippen molar-refractivity contribution in [2.24, 2.45) is 0 Å². The molecular weight excluding hydrogens is 450 g/mol. The molecule has 0 saturated heterocycles. The second-order valence-electron chi connectivity index (χ2n) is 8.46. The molecule has 0 radical (unpaired) electrons. The van der Waals surface area contributed by atoms with Crippen LogP contribution in [0.1, 0.15) is 49.7 Å². The van der Waals surface area contributed by atoms with Crippen LogP contribution in [0.5, 0.6) is 0 Å². The molecule has 0 bridgehead atoms. The van der Waals surface area contributed by atoms with Gasteiger partial charge in [-0.2, -0.15) is 0 Å². The lowest BCUT2D eigenvalue weighted by Crippen LogP contribution is -2.43. The van der Waals surface area contributed by atoms with Crippen molar-refractivity contribution < 1.29 is 29.0 Å². The Morgan fingerprint density at radius 2 is 1.51 bits per heavy atom. The van der Waals surface area contributed by atoms with Crippen molar-refractivity contribution in [1.29, 1.82) is 0 Å². The number of hydrogen-bond acceptors (Lipinski definition) is 5. The quantitative estimate of drug-likeness (QED) is 0.368. The topological polar surface area (TPSA) is 134 Å². The first-order chi connectivity index (χ1) is 16.9. The molecule has 0 heterocycles. The van der Waals surface area contributed by atoms with E-state index in [1.54, 1.807) is 0 Å². The van der Waals surface area contributed by atoms with E-state index >= 15 is 0 Å². The van der Waals surface area contributed by atoms with Crippen LogP contribution < -0.4 is 16.0 Å². The van der Waals surface area contributed by atoms with E-state index in [1.165, 1.54) is 0 Å². The van der Waals surface area contributed by atoms with E-state index in [-0.39, 0.29) is 25.5 Å². The molecule has 9 nitrogen and oxygen atoms in total. The summed E-state index contributed by atoms with van der Waals surface area (Å²) in [5.74, 6) is -2.25. The zero-order valence-corrected chi connectivity index (χ0v) is 19.7. The number of unbranched alkanes of at least 4 members (excludes halogenated alkanes) is 1. The zero-order chi connectivity index (χ0) is 25.2. The molecule has 0 aliphatic heterocycles. The first-order valence-corrected chi connectivity index (χ1v) is 11.8. The molecule has 0 unspecified atom stereocenters. The summed E-state index contributed by atoms with van der Waals surface area (Å²) in [4.78, 5) is 47.0. The van der Waals surface area contributed by atoms with Crippen LogP contribution in [0.15, 0.2) is 48.5 Å². The van der Waals surface area contributed by atoms with E-state index in [1.807, 2.05) is 43.3 Å². The molecular formula is C26H31N3O6. The van der Waals surface area contributed by atoms with Gasteiger partial charge in [0, 0.05) is 18.4 Å². The first kappa shape index (κ1) is 25.7. The number of amides is 3. The van der Waals surface area contributed by atoms with Gasteiger partial charge in [0.1, 0.15) is 13.2 Å². The molecule has 0 aromatic heterocycles. The normalized spacial score (nSPS) is 12.7. The van der Waals surface area contributed by atoms with Gasteiger partial charge in [0.05, 0.1) is 6.54 Å². The van der Waals surface area contributed by atoms with Crippen molar-refractivity contribution in [3.63, 3.8) is 0 Å². The molecule has 2 aromatic carbocycles. The summed E-state index contributed by atoms with van der Waals surface area (Å²) in [7, 11) is 0. The molecule has 0 saturated carbocycles. The third kappa shape index (κ3) is 7.30. The Balaban J connectivity index is 1.53. The van der Waals surface area contributed by atoms with E-state index in [9.17, 15) is 19.2 Å². The summed E-state index contributed by atoms with van der Waals surface area (Å²) in [5, 5.41) is 16.0. The fraction of sp³-hybridized carbons (Fsp3) is 0.385. The van der Waals surface area contributed by atoms with Crippen molar-refractivity contribution in [1.82, 2.24) is 16.0 Å². The van der Waals surface area contributed by atoms with Gasteiger partial charge in [0.25, 0.3) is 0 Å². The van der Waals surface area contributed by atoms with Gasteiger partial charge in [-0.05, 0) is 28.7 Å². The third-order valence-electron chi connectivity index (χ3n) is 5.89. The van der Waals surface area contributed by atoms with E-state index in [0.717, 1.165) is 35.1 Å². The first-order valence-electron chi connectivity index (χ1n) is 11.8. The van der Waals surface area contributed by atoms with Crippen molar-refractivity contribution in [3.8, 4) is 11.1 Å². The molecule has 186 valence electrons. The highest BCUT2D eigenvalue weighted by Gasteiger charge is 2.29. The smallest absolute Gasteiger partial charge is 0.407 e. The number of carboxylic acids is 1. The van der Waals surface area contributed by atoms with Crippen LogP contribution in [0.3, 0.4) is 0 Å². The second-order valence-corrected chi connectivity index (χ2v) is 8.46. The van der Waals surface area contributed by atoms with Gasteiger partial charge >= 0.3 is 12.1 Å². The van der Waals surface area contributed by atoms with Gasteiger partial charge in [0.15, 0.2) is 0 Å². The molecule has 1 aliphatic rings. The average Bonchev–Trinajstić information content (AvgIpc) is 3.17. The summed E-state index contributed by atoms with van der Waals surface area (Å²) in [6.45, 7) is 1.34. The Morgan fingerprint density at radius 3 is 2.11 bits per heavy atom. The number of aliphatic carboxylic acids is 1. The summed E-state index contributed by atoms with van der Waals surface area (Å²) >= 11 is 0. The van der Waals surface area contributed by atoms with Crippen molar-refractivity contribution in [2.45, 2.75) is 44.6 Å². The number of carbonyl (C=O) groups excluding carboxylic acids is 3. The minimum Gasteiger partial charge on any atom is -0.480 e. The fourth-order valence-electron chi connectivity index (χ4n) is 4.19. The van der Waals surface area contributed by atoms with Crippen LogP contribution >= 0.6 is 0 Å². The van der Waals surface area contributed by atoms with Crippen LogP contribution in [-0.2, 0) is 19.1 Å². The molecule has 0 spiro atoms. The number of ether oxygens (including phenoxy) is 1. The molecule has 1 atom stereocenters. The molecule has 9 heteroatoms. The molecule has 3 amide bonds. The van der Waals surface area contributed by atoms with Crippen LogP contribution in [0, 0.1) is 0 Å². The highest BCUT2D eigenvalue weighted by molar-refractivity contribution is 5.87. The number of carboxylic acid groups (broad SMARTS) is 1. The lowest BCUT2D eigenvalue weighted by atomic mass is 9.98. The Hall–Kier alpha value is -3.88. The maximum atomic E-state index is 12.6. The van der Waals surface area contributed by atoms with Crippen LogP contribution in [-0.4, -0.2) is 54.7 Å². The fourth-order valence-corrected chi connectivity index (χ4v) is 4.19. The lowest BCUT2D eigenvalue weighted by molar-refractivity contribution is -0.137. The minimum atomic E-state index is -1.17. The molecule has 3 rings (SSSR count). The minimum absolute atomic E-state index is 0.0175. The van der Waals surface area contributed by atoms with Crippen molar-refractivity contribution in [3.05, 3.63) is 59.7 Å². The van der Waals surface area contributed by atoms with Gasteiger partial charge in [-0.25, -0.2) is 4.79 Å². The van der Waals surface area contributed by atoms with Gasteiger partial charge < -0.3 is 25.8 Å². The second kappa shape index (κ2) is 12.5. The number of benzene rings is 2. The molecule has 4 N–H and O–H groups in total. The van der Waals surface area contributed by atoms with Crippen molar-refractivity contribution >= 4 is 23.9 Å². The number of nitrogens with one attached hydrogen (secondary N) is 3. The van der Waals surface area contributed by atoms with Crippen LogP contribution in [0.4, 0.5) is 4.79 Å². The monoisotopic (exact) mass is 481 g/mol. The molecule has 35 heavy (non-hydrogen) atoms. The number of alkyl carbamates (subject to hydrolysis) is 1. The Kier molecular flexibility index (Phi) is 9.23. The number of fused-ring (bicyclic) bond motifs is 3. The van der Waals surface area contributed by atoms with E-state index in [4.69, 9.17) is 9.84 Å². The lowest BCUT2D eigenvalue weighted by Gasteiger charge is -2.20. The third-order valence-corrected chi connectivity index (χ3v) is 5.89. The Labute approximate surface area is 204 Å². The Bertz CT molecular complexity index is 1030. The summed E-state index contributed by atoms with van der Waals surface area (Å²) in [6.07, 6.45) is 1.67. The van der Waals surface area contributed by atoms with Crippen LogP contribution in [0.2, 0.25) is 0 Å². The largest absolute Gasteiger partial charge is 0.480 e. The molecule has 0 fully saturated rings. The maximum Gasteiger partial charge on any atom is 0.407 e. The van der Waals surface area contributed by atoms with E-state index in [0.29, 0.717) is 6.42 Å². The van der Waals surface area contributed by atoms with E-state index in [2.05, 4.69) is 28.1 Å². The predicted octanol–water partition coefficient (Wildman–Crippen LogP) is 2.79. The van der Waals surface area contributed by atoms with Gasteiger partial charge in [0.2, 0.25) is 11.8 Å². The highest BCUT2D eigenvalue weighted by atomic mass is 16.5. The van der Waals surface area contributed by atoms with Crippen molar-refractivity contribution in [2.75, 3.05) is 19.7 Å². The zero-order valence-electron chi connectivity index (χ0n) is 19.7. The number of hydrogen-bond donors (Lipinski definition) is 4. The van der Waals surface area contributed by atoms with Gasteiger partial charge in [-0.1, -0.05) is 68.3 Å². The number of rotatable bonds is 12. The van der Waals surface area contributed by atoms with E-state index < -0.39 is 36.5 Å². The molecule has 2 aromatic rings. The standard InChI is InChI=1S/C26H31N3O6/c1-2-3-8-17(13-23(30)27-14-24(31)28-15-25(32)33)29-26(34)35-16-22-20-11-6-4-9-18(20)19-10-5-7-12-21(19)22/h4-7,9-12,17,22H,2-3,8,13-16H2,1H3,(H,27,30)(H,28,31)(H,29,34)(H,32,33)/t17-/m0/s1. The summed E-state index contributed by atoms with van der Waals surface area (Å²) in [5.41, 5.74) is 4.51. The average molecular weight is 482 g/mol.